The zero-order valence-electron chi connectivity index (χ0n) is 13.3. The van der Waals surface area contributed by atoms with E-state index in [0.717, 1.165) is 5.33 Å². The minimum atomic E-state index is 0.708. The van der Waals surface area contributed by atoms with E-state index in [1.807, 2.05) is 0 Å². The molecule has 0 nitrogen and oxygen atoms in total. The van der Waals surface area contributed by atoms with Crippen LogP contribution in [0.1, 0.15) is 88.7 Å². The first-order valence-corrected chi connectivity index (χ1v) is 9.55. The molecule has 1 atom stereocenters. The van der Waals surface area contributed by atoms with Crippen molar-refractivity contribution in [3.8, 4) is 0 Å². The van der Waals surface area contributed by atoms with E-state index in [9.17, 15) is 0 Å². The van der Waals surface area contributed by atoms with E-state index >= 15 is 0 Å². The Bertz CT molecular complexity index is 328. The molecule has 0 aliphatic carbocycles. The maximum absolute atomic E-state index is 3.50. The van der Waals surface area contributed by atoms with Gasteiger partial charge >= 0.3 is 0 Å². The lowest BCUT2D eigenvalue weighted by atomic mass is 9.94. The summed E-state index contributed by atoms with van der Waals surface area (Å²) in [6.07, 6.45) is 12.7. The largest absolute Gasteiger partial charge is 0.0876 e. The quantitative estimate of drug-likeness (QED) is 0.295. The van der Waals surface area contributed by atoms with Gasteiger partial charge in [0, 0.05) is 5.33 Å². The maximum Gasteiger partial charge on any atom is 0.0283 e. The first-order chi connectivity index (χ1) is 9.77. The highest BCUT2D eigenvalue weighted by Gasteiger charge is 2.05. The van der Waals surface area contributed by atoms with Gasteiger partial charge in [-0.2, -0.15) is 0 Å². The number of alkyl halides is 1. The van der Waals surface area contributed by atoms with Gasteiger partial charge in [-0.25, -0.2) is 0 Å². The minimum Gasteiger partial charge on any atom is -0.0876 e. The summed E-state index contributed by atoms with van der Waals surface area (Å²) in [6, 6.07) is 9.08. The van der Waals surface area contributed by atoms with Crippen molar-refractivity contribution in [2.75, 3.05) is 0 Å². The van der Waals surface area contributed by atoms with Gasteiger partial charge in [0.15, 0.2) is 0 Å². The maximum atomic E-state index is 3.50. The molecule has 1 unspecified atom stereocenters. The molecule has 0 amide bonds. The Balaban J connectivity index is 2.08. The highest BCUT2D eigenvalue weighted by molar-refractivity contribution is 9.08. The van der Waals surface area contributed by atoms with E-state index in [1.165, 1.54) is 68.9 Å². The molecular weight excluding hydrogens is 308 g/mol. The molecule has 0 spiro atoms. The van der Waals surface area contributed by atoms with Gasteiger partial charge in [-0.3, -0.25) is 0 Å². The molecule has 1 heteroatoms. The zero-order chi connectivity index (χ0) is 14.6. The van der Waals surface area contributed by atoms with Crippen LogP contribution in [0.5, 0.6) is 0 Å². The second-order valence-electron chi connectivity index (χ2n) is 6.04. The normalized spacial score (nSPS) is 12.6. The molecule has 20 heavy (non-hydrogen) atoms. The highest BCUT2D eigenvalue weighted by atomic mass is 79.9. The van der Waals surface area contributed by atoms with Crippen molar-refractivity contribution in [2.24, 2.45) is 0 Å². The average molecular weight is 339 g/mol. The molecule has 0 aromatic heterocycles. The van der Waals surface area contributed by atoms with Crippen LogP contribution >= 0.6 is 15.9 Å². The number of unbranched alkanes of at least 4 members (excludes halogenated alkanes) is 7. The van der Waals surface area contributed by atoms with Gasteiger partial charge in [0.1, 0.15) is 0 Å². The summed E-state index contributed by atoms with van der Waals surface area (Å²) >= 11 is 3.50. The third-order valence-electron chi connectivity index (χ3n) is 4.19. The smallest absolute Gasteiger partial charge is 0.0283 e. The van der Waals surface area contributed by atoms with Crippen LogP contribution in [0.15, 0.2) is 24.3 Å². The third-order valence-corrected chi connectivity index (χ3v) is 4.84. The van der Waals surface area contributed by atoms with Crippen molar-refractivity contribution in [2.45, 2.75) is 82.9 Å². The summed E-state index contributed by atoms with van der Waals surface area (Å²) < 4.78 is 0. The van der Waals surface area contributed by atoms with Crippen LogP contribution in [-0.4, -0.2) is 0 Å². The molecule has 0 N–H and O–H groups in total. The van der Waals surface area contributed by atoms with Gasteiger partial charge in [-0.15, -0.1) is 0 Å². The van der Waals surface area contributed by atoms with Crippen molar-refractivity contribution in [1.82, 2.24) is 0 Å². The molecule has 1 aromatic carbocycles. The molecule has 0 saturated carbocycles. The lowest BCUT2D eigenvalue weighted by Gasteiger charge is -2.12. The number of benzene rings is 1. The van der Waals surface area contributed by atoms with Gasteiger partial charge in [-0.1, -0.05) is 105 Å². The summed E-state index contributed by atoms with van der Waals surface area (Å²) in [6.45, 7) is 4.65. The number of rotatable bonds is 11. The van der Waals surface area contributed by atoms with Crippen molar-refractivity contribution < 1.29 is 0 Å². The van der Waals surface area contributed by atoms with E-state index in [2.05, 4.69) is 54.0 Å². The van der Waals surface area contributed by atoms with Crippen LogP contribution in [-0.2, 0) is 5.33 Å². The number of halogens is 1. The third kappa shape index (κ3) is 7.47. The molecule has 0 heterocycles. The lowest BCUT2D eigenvalue weighted by Crippen LogP contribution is -1.94. The lowest BCUT2D eigenvalue weighted by molar-refractivity contribution is 0.543. The molecule has 0 saturated heterocycles. The summed E-state index contributed by atoms with van der Waals surface area (Å²) in [5, 5.41) is 0.958. The average Bonchev–Trinajstić information content (AvgIpc) is 2.50. The topological polar surface area (TPSA) is 0 Å². The standard InChI is InChI=1S/C19H31Br/c1-3-4-5-6-7-8-9-10-11-17(2)19-14-12-18(16-20)13-15-19/h12-15,17H,3-11,16H2,1-2H3. The minimum absolute atomic E-state index is 0.708. The van der Waals surface area contributed by atoms with E-state index in [0.29, 0.717) is 5.92 Å². The second kappa shape index (κ2) is 11.4. The molecule has 0 fully saturated rings. The fourth-order valence-electron chi connectivity index (χ4n) is 2.69. The van der Waals surface area contributed by atoms with Gasteiger partial charge in [0.05, 0.1) is 0 Å². The Morgan fingerprint density at radius 3 is 1.95 bits per heavy atom. The van der Waals surface area contributed by atoms with Crippen LogP contribution < -0.4 is 0 Å². The van der Waals surface area contributed by atoms with E-state index in [1.54, 1.807) is 0 Å². The van der Waals surface area contributed by atoms with Crippen LogP contribution in [0.3, 0.4) is 0 Å². The molecule has 0 aliphatic rings. The van der Waals surface area contributed by atoms with Gasteiger partial charge in [0.2, 0.25) is 0 Å². The summed E-state index contributed by atoms with van der Waals surface area (Å²) in [7, 11) is 0. The highest BCUT2D eigenvalue weighted by Crippen LogP contribution is 2.23. The van der Waals surface area contributed by atoms with Gasteiger partial charge < -0.3 is 0 Å². The fourth-order valence-corrected chi connectivity index (χ4v) is 3.06. The molecule has 114 valence electrons. The predicted molar refractivity (Wildman–Crippen MR) is 94.7 cm³/mol. The van der Waals surface area contributed by atoms with Crippen LogP contribution in [0, 0.1) is 0 Å². The van der Waals surface area contributed by atoms with Crippen molar-refractivity contribution >= 4 is 15.9 Å². The summed E-state index contributed by atoms with van der Waals surface area (Å²) in [5.41, 5.74) is 2.87. The van der Waals surface area contributed by atoms with E-state index in [4.69, 9.17) is 0 Å². The van der Waals surface area contributed by atoms with Crippen LogP contribution in [0.25, 0.3) is 0 Å². The molecular formula is C19H31Br. The van der Waals surface area contributed by atoms with Crippen molar-refractivity contribution in [3.63, 3.8) is 0 Å². The zero-order valence-corrected chi connectivity index (χ0v) is 14.9. The summed E-state index contributed by atoms with van der Waals surface area (Å²) in [4.78, 5) is 0. The Labute approximate surface area is 134 Å². The predicted octanol–water partition coefficient (Wildman–Crippen LogP) is 7.22. The van der Waals surface area contributed by atoms with Gasteiger partial charge in [0.25, 0.3) is 0 Å². The molecule has 1 aromatic rings. The van der Waals surface area contributed by atoms with Gasteiger partial charge in [-0.05, 0) is 23.5 Å². The SMILES string of the molecule is CCCCCCCCCCC(C)c1ccc(CBr)cc1. The molecule has 0 bridgehead atoms. The molecule has 0 aliphatic heterocycles. The van der Waals surface area contributed by atoms with E-state index in [-0.39, 0.29) is 0 Å². The fraction of sp³-hybridized carbons (Fsp3) is 0.684. The Kier molecular flexibility index (Phi) is 10.1. The number of hydrogen-bond donors (Lipinski definition) is 0. The monoisotopic (exact) mass is 338 g/mol. The second-order valence-corrected chi connectivity index (χ2v) is 6.60. The first kappa shape index (κ1) is 17.8. The van der Waals surface area contributed by atoms with Crippen molar-refractivity contribution in [1.29, 1.82) is 0 Å². The number of hydrogen-bond acceptors (Lipinski definition) is 0. The molecule has 0 radical (unpaired) electrons. The van der Waals surface area contributed by atoms with Crippen LogP contribution in [0.2, 0.25) is 0 Å². The summed E-state index contributed by atoms with van der Waals surface area (Å²) in [5.74, 6) is 0.708. The first-order valence-electron chi connectivity index (χ1n) is 8.42. The van der Waals surface area contributed by atoms with Crippen LogP contribution in [0.4, 0.5) is 0 Å². The Morgan fingerprint density at radius 1 is 0.850 bits per heavy atom. The Hall–Kier alpha value is -0.300. The Morgan fingerprint density at radius 2 is 1.40 bits per heavy atom. The van der Waals surface area contributed by atoms with E-state index < -0.39 is 0 Å². The van der Waals surface area contributed by atoms with Crippen molar-refractivity contribution in [3.05, 3.63) is 35.4 Å². The molecule has 1 rings (SSSR count).